The molecule has 3 nitrogen and oxygen atoms in total. The first-order valence-electron chi connectivity index (χ1n) is 5.11. The molecule has 1 aromatic carbocycles. The Morgan fingerprint density at radius 2 is 2.16 bits per heavy atom. The van der Waals surface area contributed by atoms with E-state index in [4.69, 9.17) is 28.3 Å². The molecule has 1 N–H and O–H groups in total. The Bertz CT molecular complexity index is 598. The highest BCUT2D eigenvalue weighted by molar-refractivity contribution is 7.98. The summed E-state index contributed by atoms with van der Waals surface area (Å²) >= 11 is 14.6. The molecule has 0 amide bonds. The van der Waals surface area contributed by atoms with E-state index in [1.807, 2.05) is 12.1 Å². The maximum Gasteiger partial charge on any atom is 0.512 e. The van der Waals surface area contributed by atoms with E-state index >= 15 is 0 Å². The van der Waals surface area contributed by atoms with Gasteiger partial charge in [-0.15, -0.1) is 23.1 Å². The maximum absolute atomic E-state index is 10.5. The fraction of sp³-hybridized carbons (Fsp3) is 0.0833. The summed E-state index contributed by atoms with van der Waals surface area (Å²) in [6.07, 6.45) is -1.31. The molecule has 0 radical (unpaired) electrons. The van der Waals surface area contributed by atoms with Crippen molar-refractivity contribution in [1.29, 1.82) is 0 Å². The number of rotatable bonds is 4. The third-order valence-corrected chi connectivity index (χ3v) is 4.77. The summed E-state index contributed by atoms with van der Waals surface area (Å²) in [6, 6.07) is 7.12. The predicted octanol–water partition coefficient (Wildman–Crippen LogP) is 5.40. The van der Waals surface area contributed by atoms with Gasteiger partial charge in [0.2, 0.25) is 5.06 Å². The topological polar surface area (TPSA) is 46.5 Å². The fourth-order valence-electron chi connectivity index (χ4n) is 1.34. The van der Waals surface area contributed by atoms with Crippen LogP contribution in [-0.4, -0.2) is 11.3 Å². The molecule has 1 heterocycles. The smallest absolute Gasteiger partial charge is 0.449 e. The van der Waals surface area contributed by atoms with Crippen molar-refractivity contribution in [3.8, 4) is 5.06 Å². The van der Waals surface area contributed by atoms with Gasteiger partial charge in [0.05, 0.1) is 4.90 Å². The molecule has 0 atom stereocenters. The van der Waals surface area contributed by atoms with Gasteiger partial charge in [-0.05, 0) is 29.1 Å². The Hall–Kier alpha value is -0.880. The Labute approximate surface area is 128 Å². The average Bonchev–Trinajstić information content (AvgIpc) is 2.74. The van der Waals surface area contributed by atoms with Crippen LogP contribution in [0.4, 0.5) is 4.79 Å². The zero-order valence-electron chi connectivity index (χ0n) is 9.43. The lowest BCUT2D eigenvalue weighted by atomic mass is 10.2. The van der Waals surface area contributed by atoms with Gasteiger partial charge >= 0.3 is 6.16 Å². The van der Waals surface area contributed by atoms with Crippen LogP contribution in [0.5, 0.6) is 5.06 Å². The van der Waals surface area contributed by atoms with Crippen LogP contribution in [-0.2, 0) is 5.75 Å². The minimum atomic E-state index is -1.31. The minimum absolute atomic E-state index is 0.377. The van der Waals surface area contributed by atoms with Crippen molar-refractivity contribution < 1.29 is 14.6 Å². The van der Waals surface area contributed by atoms with Crippen molar-refractivity contribution >= 4 is 52.5 Å². The molecule has 7 heteroatoms. The molecule has 0 saturated heterocycles. The Balaban J connectivity index is 2.06. The maximum atomic E-state index is 10.5. The van der Waals surface area contributed by atoms with Crippen LogP contribution in [0.25, 0.3) is 0 Å². The van der Waals surface area contributed by atoms with Crippen molar-refractivity contribution in [3.05, 3.63) is 45.3 Å². The molecule has 2 aromatic rings. The molecule has 0 unspecified atom stereocenters. The summed E-state index contributed by atoms with van der Waals surface area (Å²) in [4.78, 5) is 11.3. The second-order valence-corrected chi connectivity index (χ2v) is 6.20. The number of carbonyl (C=O) groups is 1. The monoisotopic (exact) mass is 334 g/mol. The van der Waals surface area contributed by atoms with Crippen LogP contribution in [0, 0.1) is 0 Å². The van der Waals surface area contributed by atoms with Gasteiger partial charge in [-0.1, -0.05) is 29.3 Å². The van der Waals surface area contributed by atoms with E-state index in [0.29, 0.717) is 20.9 Å². The Morgan fingerprint density at radius 3 is 2.84 bits per heavy atom. The number of hydrogen-bond donors (Lipinski definition) is 1. The molecule has 0 aliphatic carbocycles. The third kappa shape index (κ3) is 4.04. The van der Waals surface area contributed by atoms with E-state index in [9.17, 15) is 4.79 Å². The number of thioether (sulfide) groups is 1. The summed E-state index contributed by atoms with van der Waals surface area (Å²) < 4.78 is 4.68. The molecule has 19 heavy (non-hydrogen) atoms. The highest BCUT2D eigenvalue weighted by Gasteiger charge is 2.11. The second-order valence-electron chi connectivity index (χ2n) is 3.46. The quantitative estimate of drug-likeness (QED) is 0.600. The Morgan fingerprint density at radius 1 is 1.37 bits per heavy atom. The van der Waals surface area contributed by atoms with Crippen molar-refractivity contribution in [3.63, 3.8) is 0 Å². The van der Waals surface area contributed by atoms with Gasteiger partial charge in [0, 0.05) is 15.8 Å². The molecular weight excluding hydrogens is 327 g/mol. The SMILES string of the molecule is O=C(O)Oc1sccc1SCc1ccc(Cl)cc1Cl. The first-order valence-corrected chi connectivity index (χ1v) is 7.73. The molecular formula is C12H8Cl2O3S2. The van der Waals surface area contributed by atoms with Crippen LogP contribution in [0.2, 0.25) is 10.0 Å². The van der Waals surface area contributed by atoms with Gasteiger partial charge in [-0.2, -0.15) is 0 Å². The van der Waals surface area contributed by atoms with E-state index in [0.717, 1.165) is 10.5 Å². The number of carboxylic acid groups (broad SMARTS) is 1. The van der Waals surface area contributed by atoms with E-state index in [1.165, 1.54) is 23.1 Å². The zero-order valence-corrected chi connectivity index (χ0v) is 12.6. The molecule has 0 aliphatic rings. The highest BCUT2D eigenvalue weighted by atomic mass is 35.5. The average molecular weight is 335 g/mol. The number of halogens is 2. The van der Waals surface area contributed by atoms with Crippen LogP contribution in [0.3, 0.4) is 0 Å². The Kier molecular flexibility index (Phi) is 4.99. The normalized spacial score (nSPS) is 10.4. The van der Waals surface area contributed by atoms with E-state index < -0.39 is 6.16 Å². The lowest BCUT2D eigenvalue weighted by Crippen LogP contribution is -2.01. The summed E-state index contributed by atoms with van der Waals surface area (Å²) in [5, 5.41) is 11.9. The lowest BCUT2D eigenvalue weighted by molar-refractivity contribution is 0.145. The minimum Gasteiger partial charge on any atom is -0.449 e. The van der Waals surface area contributed by atoms with E-state index in [-0.39, 0.29) is 0 Å². The van der Waals surface area contributed by atoms with Crippen molar-refractivity contribution in [2.45, 2.75) is 10.6 Å². The van der Waals surface area contributed by atoms with Crippen molar-refractivity contribution in [1.82, 2.24) is 0 Å². The molecule has 0 aliphatic heterocycles. The predicted molar refractivity (Wildman–Crippen MR) is 79.0 cm³/mol. The fourth-order valence-corrected chi connectivity index (χ4v) is 3.82. The van der Waals surface area contributed by atoms with Gasteiger partial charge < -0.3 is 9.84 Å². The molecule has 0 fully saturated rings. The molecule has 2 rings (SSSR count). The van der Waals surface area contributed by atoms with Crippen LogP contribution in [0.15, 0.2) is 34.5 Å². The summed E-state index contributed by atoms with van der Waals surface area (Å²) in [5.74, 6) is 0.614. The first-order chi connectivity index (χ1) is 9.06. The zero-order chi connectivity index (χ0) is 13.8. The number of ether oxygens (including phenoxy) is 1. The van der Waals surface area contributed by atoms with Gasteiger partial charge in [-0.25, -0.2) is 4.79 Å². The lowest BCUT2D eigenvalue weighted by Gasteiger charge is -2.05. The second kappa shape index (κ2) is 6.52. The van der Waals surface area contributed by atoms with E-state index in [2.05, 4.69) is 4.74 Å². The largest absolute Gasteiger partial charge is 0.512 e. The third-order valence-electron chi connectivity index (χ3n) is 2.17. The number of hydrogen-bond acceptors (Lipinski definition) is 4. The summed E-state index contributed by atoms with van der Waals surface area (Å²) in [5.41, 5.74) is 0.934. The van der Waals surface area contributed by atoms with Crippen LogP contribution >= 0.6 is 46.3 Å². The van der Waals surface area contributed by atoms with Crippen LogP contribution < -0.4 is 4.74 Å². The van der Waals surface area contributed by atoms with Crippen molar-refractivity contribution in [2.24, 2.45) is 0 Å². The molecule has 100 valence electrons. The standard InChI is InChI=1S/C12H8Cl2O3S2/c13-8-2-1-7(9(14)5-8)6-19-10-3-4-18-11(10)17-12(15)16/h1-5H,6H2,(H,15,16). The van der Waals surface area contributed by atoms with Gasteiger partial charge in [0.25, 0.3) is 0 Å². The van der Waals surface area contributed by atoms with Gasteiger partial charge in [0.15, 0.2) is 0 Å². The number of benzene rings is 1. The summed E-state index contributed by atoms with van der Waals surface area (Å²) in [7, 11) is 0. The molecule has 0 spiro atoms. The highest BCUT2D eigenvalue weighted by Crippen LogP contribution is 2.37. The number of thiophene rings is 1. The molecule has 0 saturated carbocycles. The van der Waals surface area contributed by atoms with Crippen molar-refractivity contribution in [2.75, 3.05) is 0 Å². The first kappa shape index (κ1) is 14.5. The molecule has 0 bridgehead atoms. The van der Waals surface area contributed by atoms with Crippen LogP contribution in [0.1, 0.15) is 5.56 Å². The van der Waals surface area contributed by atoms with Gasteiger partial charge in [-0.3, -0.25) is 0 Å². The molecule has 1 aromatic heterocycles. The van der Waals surface area contributed by atoms with Gasteiger partial charge in [0.1, 0.15) is 0 Å². The van der Waals surface area contributed by atoms with E-state index in [1.54, 1.807) is 17.5 Å². The summed E-state index contributed by atoms with van der Waals surface area (Å²) in [6.45, 7) is 0.